The van der Waals surface area contributed by atoms with E-state index in [0.29, 0.717) is 0 Å². The largest absolute Gasteiger partial charge is 0.115 e. The van der Waals surface area contributed by atoms with Crippen LogP contribution in [0.25, 0.3) is 0 Å². The van der Waals surface area contributed by atoms with E-state index in [1.807, 2.05) is 0 Å². The van der Waals surface area contributed by atoms with Crippen LogP contribution in [0, 0.1) is 12.3 Å². The van der Waals surface area contributed by atoms with Gasteiger partial charge in [-0.2, -0.15) is 0 Å². The Morgan fingerprint density at radius 3 is 2.29 bits per heavy atom. The maximum atomic E-state index is 4.96. The number of terminal acetylenes is 1. The van der Waals surface area contributed by atoms with Crippen molar-refractivity contribution in [2.45, 2.75) is 13.1 Å². The smallest absolute Gasteiger partial charge is 0.0562 e. The lowest BCUT2D eigenvalue weighted by molar-refractivity contribution is 1.98. The highest BCUT2D eigenvalue weighted by molar-refractivity contribution is 6.61. The molecule has 0 spiro atoms. The molecule has 0 aliphatic rings. The van der Waals surface area contributed by atoms with Crippen molar-refractivity contribution in [1.82, 2.24) is 0 Å². The quantitative estimate of drug-likeness (QED) is 0.351. The predicted molar refractivity (Wildman–Crippen MR) is 36.9 cm³/mol. The molecule has 0 aromatic rings. The Kier molecular flexibility index (Phi) is 3.44. The number of hydrogen-bond donors (Lipinski definition) is 0. The molecule has 0 bridgehead atoms. The van der Waals surface area contributed by atoms with E-state index in [0.717, 1.165) is 0 Å². The van der Waals surface area contributed by atoms with Crippen LogP contribution >= 0.6 is 0 Å². The Bertz CT molecular complexity index is 95.2. The zero-order valence-electron chi connectivity index (χ0n) is 4.81. The van der Waals surface area contributed by atoms with E-state index in [1.165, 1.54) is 0 Å². The Morgan fingerprint density at radius 2 is 2.14 bits per heavy atom. The van der Waals surface area contributed by atoms with Crippen molar-refractivity contribution in [3.8, 4) is 12.3 Å². The van der Waals surface area contributed by atoms with Gasteiger partial charge in [-0.05, 0) is 6.08 Å². The summed E-state index contributed by atoms with van der Waals surface area (Å²) < 4.78 is 0. The van der Waals surface area contributed by atoms with E-state index >= 15 is 0 Å². The molecule has 0 atom stereocenters. The van der Waals surface area contributed by atoms with Crippen LogP contribution < -0.4 is 0 Å². The van der Waals surface area contributed by atoms with Crippen LogP contribution in [0.5, 0.6) is 0 Å². The minimum absolute atomic E-state index is 0.511. The average molecular weight is 110 g/mol. The summed E-state index contributed by atoms with van der Waals surface area (Å²) in [5.74, 6) is 2.45. The lowest BCUT2D eigenvalue weighted by atomic mass is 10.7. The first-order chi connectivity index (χ1) is 3.27. The van der Waals surface area contributed by atoms with Crippen LogP contribution in [-0.2, 0) is 0 Å². The second-order valence-electron chi connectivity index (χ2n) is 1.77. The first kappa shape index (κ1) is 6.52. The fourth-order valence-corrected chi connectivity index (χ4v) is 0.744. The molecule has 0 aliphatic carbocycles. The zero-order chi connectivity index (χ0) is 5.70. The van der Waals surface area contributed by atoms with E-state index < -0.39 is 8.80 Å². The standard InChI is InChI=1S/C6H10Si/c1-4-5-6-7(2)3/h1,5-7H,2-3H3. The van der Waals surface area contributed by atoms with Crippen LogP contribution in [0.2, 0.25) is 13.1 Å². The number of allylic oxidation sites excluding steroid dienone is 1. The molecule has 7 heavy (non-hydrogen) atoms. The summed E-state index contributed by atoms with van der Waals surface area (Å²) in [4.78, 5) is 0. The van der Waals surface area contributed by atoms with E-state index in [2.05, 4.69) is 24.7 Å². The lowest BCUT2D eigenvalue weighted by Gasteiger charge is -1.83. The summed E-state index contributed by atoms with van der Waals surface area (Å²) in [5, 5.41) is 0. The molecule has 0 heterocycles. The summed E-state index contributed by atoms with van der Waals surface area (Å²) >= 11 is 0. The maximum absolute atomic E-state index is 4.96. The van der Waals surface area contributed by atoms with E-state index in [-0.39, 0.29) is 0 Å². The summed E-state index contributed by atoms with van der Waals surface area (Å²) in [5.41, 5.74) is 2.12. The first-order valence-electron chi connectivity index (χ1n) is 2.40. The molecule has 0 saturated heterocycles. The van der Waals surface area contributed by atoms with Crippen LogP contribution in [-0.4, -0.2) is 8.80 Å². The number of hydrogen-bond acceptors (Lipinski definition) is 0. The summed E-state index contributed by atoms with van der Waals surface area (Å²) in [6.07, 6.45) is 6.75. The monoisotopic (exact) mass is 110 g/mol. The van der Waals surface area contributed by atoms with Crippen LogP contribution in [0.15, 0.2) is 11.8 Å². The molecular formula is C6H10Si. The second-order valence-corrected chi connectivity index (χ2v) is 4.64. The molecule has 0 nitrogen and oxygen atoms in total. The summed E-state index contributed by atoms with van der Waals surface area (Å²) in [6.45, 7) is 4.46. The molecule has 0 aromatic carbocycles. The van der Waals surface area contributed by atoms with Crippen molar-refractivity contribution in [3.05, 3.63) is 11.8 Å². The van der Waals surface area contributed by atoms with Gasteiger partial charge in [0.1, 0.15) is 0 Å². The molecule has 0 saturated carbocycles. The lowest BCUT2D eigenvalue weighted by Crippen LogP contribution is -1.90. The Labute approximate surface area is 46.9 Å². The zero-order valence-corrected chi connectivity index (χ0v) is 5.96. The highest BCUT2D eigenvalue weighted by Crippen LogP contribution is 1.79. The fourth-order valence-electron chi connectivity index (χ4n) is 0.248. The van der Waals surface area contributed by atoms with E-state index in [1.54, 1.807) is 6.08 Å². The van der Waals surface area contributed by atoms with Gasteiger partial charge in [-0.15, -0.1) is 6.42 Å². The van der Waals surface area contributed by atoms with Crippen molar-refractivity contribution in [3.63, 3.8) is 0 Å². The molecule has 38 valence electrons. The minimum Gasteiger partial charge on any atom is -0.115 e. The molecule has 0 unspecified atom stereocenters. The third-order valence-corrected chi connectivity index (χ3v) is 1.54. The molecule has 0 rings (SSSR count). The van der Waals surface area contributed by atoms with Gasteiger partial charge in [0.15, 0.2) is 0 Å². The molecule has 0 radical (unpaired) electrons. The highest BCUT2D eigenvalue weighted by Gasteiger charge is 1.80. The molecule has 0 N–H and O–H groups in total. The Balaban J connectivity index is 3.31. The molecule has 1 heteroatoms. The van der Waals surface area contributed by atoms with Gasteiger partial charge in [0.05, 0.1) is 8.80 Å². The minimum atomic E-state index is -0.511. The Hall–Kier alpha value is -0.483. The van der Waals surface area contributed by atoms with Gasteiger partial charge >= 0.3 is 0 Å². The molecular weight excluding hydrogens is 100 g/mol. The fraction of sp³-hybridized carbons (Fsp3) is 0.333. The van der Waals surface area contributed by atoms with Gasteiger partial charge in [-0.25, -0.2) is 0 Å². The summed E-state index contributed by atoms with van der Waals surface area (Å²) in [7, 11) is -0.511. The SMILES string of the molecule is C#CC=C[SiH](C)C. The van der Waals surface area contributed by atoms with Gasteiger partial charge in [-0.1, -0.05) is 24.7 Å². The second kappa shape index (κ2) is 3.70. The van der Waals surface area contributed by atoms with Crippen LogP contribution in [0.4, 0.5) is 0 Å². The van der Waals surface area contributed by atoms with E-state index in [9.17, 15) is 0 Å². The normalized spacial score (nSPS) is 10.0. The van der Waals surface area contributed by atoms with Crippen molar-refractivity contribution in [2.75, 3.05) is 0 Å². The topological polar surface area (TPSA) is 0 Å². The van der Waals surface area contributed by atoms with Gasteiger partial charge < -0.3 is 0 Å². The highest BCUT2D eigenvalue weighted by atomic mass is 28.3. The Morgan fingerprint density at radius 1 is 1.57 bits per heavy atom. The van der Waals surface area contributed by atoms with Crippen molar-refractivity contribution in [2.24, 2.45) is 0 Å². The predicted octanol–water partition coefficient (Wildman–Crippen LogP) is 1.20. The van der Waals surface area contributed by atoms with Crippen molar-refractivity contribution >= 4 is 8.80 Å². The van der Waals surface area contributed by atoms with E-state index in [4.69, 9.17) is 6.42 Å². The van der Waals surface area contributed by atoms with Crippen molar-refractivity contribution in [1.29, 1.82) is 0 Å². The third kappa shape index (κ3) is 5.52. The maximum Gasteiger partial charge on any atom is 0.0562 e. The third-order valence-electron chi connectivity index (χ3n) is 0.577. The average Bonchev–Trinajstić information content (AvgIpc) is 1.61. The van der Waals surface area contributed by atoms with Crippen LogP contribution in [0.1, 0.15) is 0 Å². The molecule has 0 fully saturated rings. The van der Waals surface area contributed by atoms with Crippen LogP contribution in [0.3, 0.4) is 0 Å². The van der Waals surface area contributed by atoms with Crippen molar-refractivity contribution < 1.29 is 0 Å². The van der Waals surface area contributed by atoms with Gasteiger partial charge in [0, 0.05) is 0 Å². The van der Waals surface area contributed by atoms with Gasteiger partial charge in [-0.3, -0.25) is 0 Å². The summed E-state index contributed by atoms with van der Waals surface area (Å²) in [6, 6.07) is 0. The molecule has 0 aliphatic heterocycles. The first-order valence-corrected chi connectivity index (χ1v) is 5.37. The molecule has 0 amide bonds. The van der Waals surface area contributed by atoms with Gasteiger partial charge in [0.25, 0.3) is 0 Å². The van der Waals surface area contributed by atoms with Gasteiger partial charge in [0.2, 0.25) is 0 Å². The number of rotatable bonds is 1. The molecule has 0 aromatic heterocycles.